The van der Waals surface area contributed by atoms with E-state index in [0.717, 1.165) is 19.0 Å². The van der Waals surface area contributed by atoms with Crippen LogP contribution in [-0.2, 0) is 13.0 Å². The van der Waals surface area contributed by atoms with Crippen molar-refractivity contribution in [2.24, 2.45) is 11.3 Å². The highest BCUT2D eigenvalue weighted by molar-refractivity contribution is 5.59. The van der Waals surface area contributed by atoms with Crippen LogP contribution in [0, 0.1) is 11.3 Å². The zero-order chi connectivity index (χ0) is 12.8. The summed E-state index contributed by atoms with van der Waals surface area (Å²) in [6, 6.07) is 6.79. The molecule has 0 unspecified atom stereocenters. The third kappa shape index (κ3) is 2.03. The molecule has 2 nitrogen and oxygen atoms in total. The van der Waals surface area contributed by atoms with Gasteiger partial charge in [-0.2, -0.15) is 0 Å². The molecule has 18 heavy (non-hydrogen) atoms. The number of benzene rings is 1. The number of anilines is 1. The summed E-state index contributed by atoms with van der Waals surface area (Å²) in [5.74, 6) is 0.843. The van der Waals surface area contributed by atoms with Crippen LogP contribution in [0.25, 0.3) is 0 Å². The molecule has 0 spiro atoms. The molecule has 2 aliphatic heterocycles. The van der Waals surface area contributed by atoms with Crippen LogP contribution in [-0.4, -0.2) is 19.6 Å². The fraction of sp³-hybridized carbons (Fsp3) is 0.625. The summed E-state index contributed by atoms with van der Waals surface area (Å²) < 4.78 is 0. The van der Waals surface area contributed by atoms with Gasteiger partial charge in [0.05, 0.1) is 0 Å². The maximum Gasteiger partial charge on any atom is 0.0402 e. The van der Waals surface area contributed by atoms with E-state index < -0.39 is 0 Å². The molecule has 0 atom stereocenters. The van der Waals surface area contributed by atoms with Crippen LogP contribution in [0.3, 0.4) is 0 Å². The minimum absolute atomic E-state index is 0.451. The van der Waals surface area contributed by atoms with E-state index in [0.29, 0.717) is 5.41 Å². The number of nitrogens with zero attached hydrogens (tertiary/aromatic N) is 1. The summed E-state index contributed by atoms with van der Waals surface area (Å²) in [6.07, 6.45) is 1.18. The summed E-state index contributed by atoms with van der Waals surface area (Å²) in [5.41, 5.74) is 5.03. The summed E-state index contributed by atoms with van der Waals surface area (Å²) in [4.78, 5) is 2.57. The monoisotopic (exact) mass is 244 g/mol. The van der Waals surface area contributed by atoms with Crippen molar-refractivity contribution < 1.29 is 0 Å². The molecule has 0 aromatic heterocycles. The molecule has 2 heteroatoms. The van der Waals surface area contributed by atoms with Gasteiger partial charge in [-0.25, -0.2) is 0 Å². The Morgan fingerprint density at radius 2 is 2.00 bits per heavy atom. The quantitative estimate of drug-likeness (QED) is 0.817. The molecule has 0 radical (unpaired) electrons. The zero-order valence-corrected chi connectivity index (χ0v) is 11.8. The molecule has 2 heterocycles. The Labute approximate surface area is 110 Å². The van der Waals surface area contributed by atoms with E-state index in [2.05, 4.69) is 49.2 Å². The number of hydrogen-bond acceptors (Lipinski definition) is 2. The first-order valence-corrected chi connectivity index (χ1v) is 7.12. The second kappa shape index (κ2) is 4.27. The van der Waals surface area contributed by atoms with E-state index >= 15 is 0 Å². The highest BCUT2D eigenvalue weighted by Gasteiger charge is 2.36. The van der Waals surface area contributed by atoms with Crippen LogP contribution in [0.15, 0.2) is 18.2 Å². The van der Waals surface area contributed by atoms with Gasteiger partial charge in [0.25, 0.3) is 0 Å². The standard InChI is InChI=1S/C16H24N2/c1-16(2,3)13-10-18(11-13)15-6-4-5-12-9-17-8-7-14(12)15/h4-6,13,17H,7-11H2,1-3H3. The normalized spacial score (nSPS) is 20.5. The first-order valence-electron chi connectivity index (χ1n) is 7.12. The van der Waals surface area contributed by atoms with Crippen LogP contribution >= 0.6 is 0 Å². The lowest BCUT2D eigenvalue weighted by molar-refractivity contribution is 0.195. The SMILES string of the molecule is CC(C)(C)C1CN(c2cccc3c2CCNC3)C1. The number of rotatable bonds is 1. The van der Waals surface area contributed by atoms with E-state index in [1.54, 1.807) is 5.56 Å². The van der Waals surface area contributed by atoms with Crippen molar-refractivity contribution in [3.8, 4) is 0 Å². The van der Waals surface area contributed by atoms with E-state index in [1.807, 2.05) is 0 Å². The molecule has 1 fully saturated rings. The van der Waals surface area contributed by atoms with Crippen LogP contribution in [0.5, 0.6) is 0 Å². The topological polar surface area (TPSA) is 15.3 Å². The second-order valence-corrected chi connectivity index (χ2v) is 6.81. The fourth-order valence-electron chi connectivity index (χ4n) is 3.03. The average Bonchev–Trinajstić information content (AvgIpc) is 2.25. The van der Waals surface area contributed by atoms with Gasteiger partial charge in [0.2, 0.25) is 0 Å². The smallest absolute Gasteiger partial charge is 0.0402 e. The Hall–Kier alpha value is -1.02. The van der Waals surface area contributed by atoms with Gasteiger partial charge in [-0.1, -0.05) is 32.9 Å². The van der Waals surface area contributed by atoms with Crippen LogP contribution < -0.4 is 10.2 Å². The fourth-order valence-corrected chi connectivity index (χ4v) is 3.03. The van der Waals surface area contributed by atoms with Gasteiger partial charge >= 0.3 is 0 Å². The van der Waals surface area contributed by atoms with Gasteiger partial charge in [-0.05, 0) is 41.5 Å². The van der Waals surface area contributed by atoms with Gasteiger partial charge in [0.1, 0.15) is 0 Å². The average molecular weight is 244 g/mol. The van der Waals surface area contributed by atoms with Crippen LogP contribution in [0.2, 0.25) is 0 Å². The highest BCUT2D eigenvalue weighted by Crippen LogP contribution is 2.38. The van der Waals surface area contributed by atoms with E-state index in [9.17, 15) is 0 Å². The van der Waals surface area contributed by atoms with E-state index in [-0.39, 0.29) is 0 Å². The Bertz CT molecular complexity index is 439. The van der Waals surface area contributed by atoms with E-state index in [4.69, 9.17) is 0 Å². The Kier molecular flexibility index (Phi) is 2.86. The van der Waals surface area contributed by atoms with Crippen LogP contribution in [0.1, 0.15) is 31.9 Å². The molecule has 2 aliphatic rings. The Balaban J connectivity index is 1.79. The minimum atomic E-state index is 0.451. The lowest BCUT2D eigenvalue weighted by atomic mass is 9.75. The number of hydrogen-bond donors (Lipinski definition) is 1. The number of fused-ring (bicyclic) bond motifs is 1. The van der Waals surface area contributed by atoms with Crippen molar-refractivity contribution in [1.29, 1.82) is 0 Å². The molecule has 98 valence electrons. The maximum atomic E-state index is 3.46. The van der Waals surface area contributed by atoms with Crippen molar-refractivity contribution in [3.63, 3.8) is 0 Å². The Morgan fingerprint density at radius 3 is 2.72 bits per heavy atom. The maximum absolute atomic E-state index is 3.46. The Morgan fingerprint density at radius 1 is 1.22 bits per heavy atom. The summed E-state index contributed by atoms with van der Waals surface area (Å²) >= 11 is 0. The second-order valence-electron chi connectivity index (χ2n) is 6.81. The number of nitrogens with one attached hydrogen (secondary N) is 1. The first kappa shape index (κ1) is 12.0. The predicted molar refractivity (Wildman–Crippen MR) is 77.0 cm³/mol. The van der Waals surface area contributed by atoms with Gasteiger partial charge < -0.3 is 10.2 Å². The molecule has 0 saturated carbocycles. The molecule has 1 saturated heterocycles. The molecule has 0 amide bonds. The first-order chi connectivity index (χ1) is 8.55. The highest BCUT2D eigenvalue weighted by atomic mass is 15.2. The predicted octanol–water partition coefficient (Wildman–Crippen LogP) is 2.81. The minimum Gasteiger partial charge on any atom is -0.371 e. The summed E-state index contributed by atoms with van der Waals surface area (Å²) in [7, 11) is 0. The van der Waals surface area contributed by atoms with Gasteiger partial charge in [-0.3, -0.25) is 0 Å². The van der Waals surface area contributed by atoms with E-state index in [1.165, 1.54) is 30.8 Å². The lowest BCUT2D eigenvalue weighted by Crippen LogP contribution is -2.52. The van der Waals surface area contributed by atoms with Crippen molar-refractivity contribution in [3.05, 3.63) is 29.3 Å². The van der Waals surface area contributed by atoms with Gasteiger partial charge in [-0.15, -0.1) is 0 Å². The molecule has 1 N–H and O–H groups in total. The zero-order valence-electron chi connectivity index (χ0n) is 11.8. The van der Waals surface area contributed by atoms with Crippen molar-refractivity contribution in [1.82, 2.24) is 5.32 Å². The molecule has 0 bridgehead atoms. The van der Waals surface area contributed by atoms with Crippen molar-refractivity contribution in [2.45, 2.75) is 33.7 Å². The van der Waals surface area contributed by atoms with Gasteiger partial charge in [0.15, 0.2) is 0 Å². The molecule has 1 aromatic rings. The molecule has 3 rings (SSSR count). The van der Waals surface area contributed by atoms with Crippen molar-refractivity contribution in [2.75, 3.05) is 24.5 Å². The molecule has 1 aromatic carbocycles. The van der Waals surface area contributed by atoms with Gasteiger partial charge in [0, 0.05) is 25.3 Å². The van der Waals surface area contributed by atoms with Crippen LogP contribution in [0.4, 0.5) is 5.69 Å². The largest absolute Gasteiger partial charge is 0.371 e. The lowest BCUT2D eigenvalue weighted by Gasteiger charge is -2.48. The molecular formula is C16H24N2. The molecular weight excluding hydrogens is 220 g/mol. The third-order valence-corrected chi connectivity index (χ3v) is 4.56. The molecule has 0 aliphatic carbocycles. The third-order valence-electron chi connectivity index (χ3n) is 4.56. The summed E-state index contributed by atoms with van der Waals surface area (Å²) in [5, 5.41) is 3.46. The summed E-state index contributed by atoms with van der Waals surface area (Å²) in [6.45, 7) is 11.7. The van der Waals surface area contributed by atoms with Crippen molar-refractivity contribution >= 4 is 5.69 Å².